The molecule has 0 fully saturated rings. The van der Waals surface area contributed by atoms with Gasteiger partial charge < -0.3 is 0 Å². The lowest BCUT2D eigenvalue weighted by Gasteiger charge is -1.94. The van der Waals surface area contributed by atoms with Crippen molar-refractivity contribution in [1.82, 2.24) is 0 Å². The molecule has 0 heterocycles. The summed E-state index contributed by atoms with van der Waals surface area (Å²) in [5, 5.41) is 8.27. The number of nitrogens with zero attached hydrogens (tertiary/aromatic N) is 1. The highest BCUT2D eigenvalue weighted by atomic mass is 14.2. The molecule has 0 spiro atoms. The summed E-state index contributed by atoms with van der Waals surface area (Å²) in [7, 11) is 0. The van der Waals surface area contributed by atoms with Gasteiger partial charge in [-0.05, 0) is 24.1 Å². The smallest absolute Gasteiger partial charge is 0.0966 e. The maximum Gasteiger partial charge on any atom is 0.0966 e. The average molecular weight is 169 g/mol. The Morgan fingerprint density at radius 3 is 2.46 bits per heavy atom. The van der Waals surface area contributed by atoms with Crippen LogP contribution in [0, 0.1) is 23.2 Å². The molecule has 1 aromatic carbocycles. The molecular weight excluding hydrogens is 158 g/mol. The Kier molecular flexibility index (Phi) is 3.61. The molecule has 64 valence electrons. The molecule has 1 nitrogen and oxygen atoms in total. The first-order valence-electron chi connectivity index (χ1n) is 4.31. The monoisotopic (exact) mass is 169 g/mol. The predicted octanol–water partition coefficient (Wildman–Crippen LogP) is 2.51. The molecule has 0 saturated carbocycles. The van der Waals surface area contributed by atoms with E-state index in [1.54, 1.807) is 0 Å². The van der Waals surface area contributed by atoms with Crippen molar-refractivity contribution in [2.75, 3.05) is 0 Å². The number of aryl methyl sites for hydroxylation is 1. The van der Waals surface area contributed by atoms with E-state index in [2.05, 4.69) is 30.9 Å². The molecule has 0 aliphatic rings. The van der Waals surface area contributed by atoms with Gasteiger partial charge in [-0.2, -0.15) is 5.26 Å². The van der Waals surface area contributed by atoms with Crippen LogP contribution in [0.5, 0.6) is 0 Å². The van der Waals surface area contributed by atoms with Crippen LogP contribution in [0.2, 0.25) is 0 Å². The van der Waals surface area contributed by atoms with Crippen molar-refractivity contribution in [3.05, 3.63) is 35.4 Å². The quantitative estimate of drug-likeness (QED) is 0.592. The van der Waals surface area contributed by atoms with Gasteiger partial charge in [-0.3, -0.25) is 0 Å². The van der Waals surface area contributed by atoms with Gasteiger partial charge in [-0.25, -0.2) is 0 Å². The van der Waals surface area contributed by atoms with Crippen LogP contribution in [-0.2, 0) is 6.42 Å². The van der Waals surface area contributed by atoms with Crippen LogP contribution >= 0.6 is 0 Å². The maximum absolute atomic E-state index is 8.27. The van der Waals surface area contributed by atoms with Crippen molar-refractivity contribution >= 4 is 0 Å². The predicted molar refractivity (Wildman–Crippen MR) is 52.9 cm³/mol. The molecule has 0 radical (unpaired) electrons. The summed E-state index contributed by atoms with van der Waals surface area (Å²) >= 11 is 0. The normalized spacial score (nSPS) is 8.31. The first kappa shape index (κ1) is 9.36. The van der Waals surface area contributed by atoms with E-state index in [-0.39, 0.29) is 0 Å². The minimum atomic E-state index is 0.301. The number of rotatable bonds is 1. The van der Waals surface area contributed by atoms with Crippen LogP contribution in [-0.4, -0.2) is 0 Å². The molecule has 0 unspecified atom stereocenters. The first-order valence-corrected chi connectivity index (χ1v) is 4.31. The summed E-state index contributed by atoms with van der Waals surface area (Å²) in [6.45, 7) is 2.12. The number of hydrogen-bond acceptors (Lipinski definition) is 1. The van der Waals surface area contributed by atoms with Gasteiger partial charge in [0.05, 0.1) is 12.5 Å². The topological polar surface area (TPSA) is 23.8 Å². The number of benzene rings is 1. The van der Waals surface area contributed by atoms with Crippen molar-refractivity contribution in [2.45, 2.75) is 19.8 Å². The molecule has 0 amide bonds. The van der Waals surface area contributed by atoms with Crippen molar-refractivity contribution in [1.29, 1.82) is 5.26 Å². The van der Waals surface area contributed by atoms with E-state index in [1.807, 2.05) is 18.2 Å². The average Bonchev–Trinajstić information content (AvgIpc) is 2.19. The Labute approximate surface area is 79.0 Å². The lowest BCUT2D eigenvalue weighted by atomic mass is 10.1. The molecule has 1 rings (SSSR count). The van der Waals surface area contributed by atoms with E-state index >= 15 is 0 Å². The van der Waals surface area contributed by atoms with Crippen LogP contribution in [0.15, 0.2) is 24.3 Å². The van der Waals surface area contributed by atoms with E-state index < -0.39 is 0 Å². The zero-order valence-corrected chi connectivity index (χ0v) is 7.67. The molecule has 0 aliphatic heterocycles. The van der Waals surface area contributed by atoms with E-state index in [1.165, 1.54) is 5.56 Å². The Balaban J connectivity index is 2.72. The number of hydrogen-bond donors (Lipinski definition) is 0. The van der Waals surface area contributed by atoms with Crippen molar-refractivity contribution < 1.29 is 0 Å². The first-order chi connectivity index (χ1) is 6.36. The SMILES string of the molecule is CCc1ccc(C#CCC#N)cc1. The van der Waals surface area contributed by atoms with E-state index in [0.29, 0.717) is 6.42 Å². The van der Waals surface area contributed by atoms with Crippen LogP contribution in [0.4, 0.5) is 0 Å². The van der Waals surface area contributed by atoms with Gasteiger partial charge in [0.1, 0.15) is 0 Å². The molecule has 1 aromatic rings. The lowest BCUT2D eigenvalue weighted by molar-refractivity contribution is 1.14. The Hall–Kier alpha value is -1.73. The minimum Gasteiger partial charge on any atom is -0.197 e. The molecule has 13 heavy (non-hydrogen) atoms. The van der Waals surface area contributed by atoms with Gasteiger partial charge in [0.2, 0.25) is 0 Å². The van der Waals surface area contributed by atoms with Crippen molar-refractivity contribution in [2.24, 2.45) is 0 Å². The minimum absolute atomic E-state index is 0.301. The molecule has 0 N–H and O–H groups in total. The number of nitriles is 1. The maximum atomic E-state index is 8.27. The van der Waals surface area contributed by atoms with Gasteiger partial charge in [0.25, 0.3) is 0 Å². The second-order valence-electron chi connectivity index (χ2n) is 2.69. The highest BCUT2D eigenvalue weighted by Gasteiger charge is 1.87. The summed E-state index contributed by atoms with van der Waals surface area (Å²) in [4.78, 5) is 0. The lowest BCUT2D eigenvalue weighted by Crippen LogP contribution is -1.79. The Morgan fingerprint density at radius 1 is 1.23 bits per heavy atom. The van der Waals surface area contributed by atoms with Crippen molar-refractivity contribution in [3.8, 4) is 17.9 Å². The third kappa shape index (κ3) is 3.01. The fourth-order valence-corrected chi connectivity index (χ4v) is 1.01. The third-order valence-electron chi connectivity index (χ3n) is 1.76. The van der Waals surface area contributed by atoms with E-state index in [0.717, 1.165) is 12.0 Å². The molecular formula is C12H11N. The fraction of sp³-hybridized carbons (Fsp3) is 0.250. The van der Waals surface area contributed by atoms with E-state index in [9.17, 15) is 0 Å². The van der Waals surface area contributed by atoms with E-state index in [4.69, 9.17) is 5.26 Å². The highest BCUT2D eigenvalue weighted by Crippen LogP contribution is 2.03. The van der Waals surface area contributed by atoms with Crippen molar-refractivity contribution in [3.63, 3.8) is 0 Å². The summed E-state index contributed by atoms with van der Waals surface area (Å²) in [5.41, 5.74) is 2.29. The largest absolute Gasteiger partial charge is 0.197 e. The van der Waals surface area contributed by atoms with Gasteiger partial charge in [-0.1, -0.05) is 30.9 Å². The highest BCUT2D eigenvalue weighted by molar-refractivity contribution is 5.36. The standard InChI is InChI=1S/C12H11N/c1-2-11-6-8-12(9-7-11)5-3-4-10-13/h6-9H,2,4H2,1H3. The second kappa shape index (κ2) is 5.01. The summed E-state index contributed by atoms with van der Waals surface area (Å²) in [6.07, 6.45) is 1.35. The van der Waals surface area contributed by atoms with Gasteiger partial charge >= 0.3 is 0 Å². The Bertz CT molecular complexity index is 357. The fourth-order valence-electron chi connectivity index (χ4n) is 1.01. The molecule has 0 bridgehead atoms. The molecule has 0 saturated heterocycles. The summed E-state index contributed by atoms with van der Waals surface area (Å²) < 4.78 is 0. The second-order valence-corrected chi connectivity index (χ2v) is 2.69. The molecule has 1 heteroatoms. The van der Waals surface area contributed by atoms with Crippen LogP contribution in [0.3, 0.4) is 0 Å². The third-order valence-corrected chi connectivity index (χ3v) is 1.76. The summed E-state index contributed by atoms with van der Waals surface area (Å²) in [5.74, 6) is 5.70. The molecule has 0 atom stereocenters. The Morgan fingerprint density at radius 2 is 1.92 bits per heavy atom. The zero-order valence-electron chi connectivity index (χ0n) is 7.67. The van der Waals surface area contributed by atoms with Gasteiger partial charge in [-0.15, -0.1) is 0 Å². The van der Waals surface area contributed by atoms with Crippen LogP contribution < -0.4 is 0 Å². The van der Waals surface area contributed by atoms with Crippen LogP contribution in [0.1, 0.15) is 24.5 Å². The van der Waals surface area contributed by atoms with Gasteiger partial charge in [0, 0.05) is 5.56 Å². The van der Waals surface area contributed by atoms with Gasteiger partial charge in [0.15, 0.2) is 0 Å². The molecule has 0 aromatic heterocycles. The summed E-state index contributed by atoms with van der Waals surface area (Å²) in [6, 6.07) is 10.1. The zero-order chi connectivity index (χ0) is 9.52. The van der Waals surface area contributed by atoms with Crippen LogP contribution in [0.25, 0.3) is 0 Å². The molecule has 0 aliphatic carbocycles.